The van der Waals surface area contributed by atoms with Gasteiger partial charge >= 0.3 is 0 Å². The minimum absolute atomic E-state index is 0.0273. The zero-order valence-corrected chi connectivity index (χ0v) is 52.0. The normalized spacial score (nSPS) is 12.4. The van der Waals surface area contributed by atoms with Crippen LogP contribution in [0.25, 0.3) is 127 Å². The Morgan fingerprint density at radius 1 is 0.295 bits per heavy atom. The van der Waals surface area contributed by atoms with E-state index in [-0.39, 0.29) is 6.71 Å². The Balaban J connectivity index is 0.826. The second kappa shape index (κ2) is 22.2. The maximum atomic E-state index is 5.64. The molecular weight excluding hydrogens is 1180 g/mol. The Kier molecular flexibility index (Phi) is 12.7. The van der Waals surface area contributed by atoms with Crippen molar-refractivity contribution in [1.29, 1.82) is 0 Å². The van der Waals surface area contributed by atoms with Crippen LogP contribution in [0.3, 0.4) is 0 Å². The number of aromatic nitrogens is 6. The molecular formula is C85H53BN8S. The molecule has 2 aliphatic heterocycles. The van der Waals surface area contributed by atoms with Crippen molar-refractivity contribution in [2.24, 2.45) is 0 Å². The van der Waals surface area contributed by atoms with Crippen molar-refractivity contribution in [3.8, 4) is 84.9 Å². The van der Waals surface area contributed by atoms with Crippen molar-refractivity contribution in [2.75, 3.05) is 9.80 Å². The third kappa shape index (κ3) is 8.94. The lowest BCUT2D eigenvalue weighted by molar-refractivity contribution is 1.06. The fraction of sp³-hybridized carbons (Fsp3) is 0. The van der Waals surface area contributed by atoms with E-state index in [1.54, 1.807) is 0 Å². The highest BCUT2D eigenvalue weighted by molar-refractivity contribution is 7.26. The lowest BCUT2D eigenvalue weighted by Gasteiger charge is -2.45. The molecule has 4 aromatic heterocycles. The van der Waals surface area contributed by atoms with Gasteiger partial charge in [-0.2, -0.15) is 0 Å². The number of nitrogens with zero attached hydrogens (tertiary/aromatic N) is 8. The first kappa shape index (κ1) is 54.4. The third-order valence-corrected chi connectivity index (χ3v) is 20.1. The van der Waals surface area contributed by atoms with Gasteiger partial charge in [0, 0.05) is 98.3 Å². The molecule has 442 valence electrons. The fourth-order valence-electron chi connectivity index (χ4n) is 14.6. The Hall–Kier alpha value is -12.4. The average Bonchev–Trinajstić information content (AvgIpc) is 1.72. The number of rotatable bonds is 10. The zero-order valence-electron chi connectivity index (χ0n) is 51.2. The molecule has 0 N–H and O–H groups in total. The zero-order chi connectivity index (χ0) is 62.5. The van der Waals surface area contributed by atoms with Gasteiger partial charge in [-0.15, -0.1) is 11.3 Å². The molecule has 17 aromatic rings. The first-order chi connectivity index (χ1) is 47.1. The summed E-state index contributed by atoms with van der Waals surface area (Å²) in [6, 6.07) is 115. The molecule has 0 bridgehead atoms. The molecule has 0 radical (unpaired) electrons. The summed E-state index contributed by atoms with van der Waals surface area (Å²) in [6.07, 6.45) is 0. The van der Waals surface area contributed by atoms with Crippen LogP contribution in [-0.2, 0) is 0 Å². The Labute approximate surface area is 552 Å². The topological polar surface area (TPSA) is 75.9 Å². The highest BCUT2D eigenvalue weighted by Gasteiger charge is 2.44. The maximum absolute atomic E-state index is 5.64. The Bertz CT molecular complexity index is 5790. The molecule has 0 aliphatic carbocycles. The van der Waals surface area contributed by atoms with Gasteiger partial charge in [-0.1, -0.05) is 243 Å². The van der Waals surface area contributed by atoms with Crippen LogP contribution in [0.5, 0.6) is 0 Å². The highest BCUT2D eigenvalue weighted by atomic mass is 32.1. The van der Waals surface area contributed by atoms with Crippen molar-refractivity contribution in [1.82, 2.24) is 29.5 Å². The fourth-order valence-corrected chi connectivity index (χ4v) is 15.9. The second-order valence-corrected chi connectivity index (χ2v) is 25.3. The van der Waals surface area contributed by atoms with E-state index in [1.165, 1.54) is 53.0 Å². The van der Waals surface area contributed by atoms with Gasteiger partial charge in [0.05, 0.1) is 33.8 Å². The highest BCUT2D eigenvalue weighted by Crippen LogP contribution is 2.49. The number of fused-ring (bicyclic) bond motifs is 11. The molecule has 0 spiro atoms. The van der Waals surface area contributed by atoms with E-state index in [2.05, 4.69) is 293 Å². The molecule has 8 nitrogen and oxygen atoms in total. The SMILES string of the molecule is c1ccc(-c2cc(-c3ccc(-n4c5ccccc5c5c6sc7ccccc7c6ccc54)c(-c4nc(-c5ccccc5)nc(-c5ccc(-c6ccc7c8c6N(c6ccccc6)c6ccccc6B8c6ccccc6N7c6ccccc6)cc5)n4)c3)nc(-c3ccccc3)n2)cc1. The lowest BCUT2D eigenvalue weighted by Crippen LogP contribution is -2.61. The summed E-state index contributed by atoms with van der Waals surface area (Å²) in [5, 5.41) is 4.89. The number of anilines is 6. The van der Waals surface area contributed by atoms with Crippen LogP contribution in [0.4, 0.5) is 34.1 Å². The predicted octanol–water partition coefficient (Wildman–Crippen LogP) is 19.9. The van der Waals surface area contributed by atoms with Gasteiger partial charge in [0.2, 0.25) is 0 Å². The summed E-state index contributed by atoms with van der Waals surface area (Å²) >= 11 is 1.85. The molecule has 0 unspecified atom stereocenters. The average molecular weight is 1230 g/mol. The van der Waals surface area contributed by atoms with Crippen molar-refractivity contribution < 1.29 is 0 Å². The van der Waals surface area contributed by atoms with Crippen LogP contribution in [0.15, 0.2) is 322 Å². The maximum Gasteiger partial charge on any atom is 0.252 e. The number of thiophene rings is 1. The van der Waals surface area contributed by atoms with Crippen LogP contribution in [0.2, 0.25) is 0 Å². The second-order valence-electron chi connectivity index (χ2n) is 24.2. The molecule has 0 amide bonds. The van der Waals surface area contributed by atoms with Gasteiger partial charge in [-0.3, -0.25) is 0 Å². The van der Waals surface area contributed by atoms with Crippen molar-refractivity contribution in [2.45, 2.75) is 0 Å². The number of hydrogen-bond acceptors (Lipinski definition) is 8. The minimum atomic E-state index is -0.0273. The van der Waals surface area contributed by atoms with Gasteiger partial charge in [-0.25, -0.2) is 24.9 Å². The number of benzene rings is 13. The predicted molar refractivity (Wildman–Crippen MR) is 395 cm³/mol. The minimum Gasteiger partial charge on any atom is -0.311 e. The summed E-state index contributed by atoms with van der Waals surface area (Å²) in [6.45, 7) is -0.0273. The van der Waals surface area contributed by atoms with Gasteiger partial charge in [-0.05, 0) is 101 Å². The summed E-state index contributed by atoms with van der Waals surface area (Å²) in [4.78, 5) is 32.1. The molecule has 0 saturated carbocycles. The van der Waals surface area contributed by atoms with E-state index >= 15 is 0 Å². The van der Waals surface area contributed by atoms with E-state index in [4.69, 9.17) is 24.9 Å². The Morgan fingerprint density at radius 2 is 0.789 bits per heavy atom. The Morgan fingerprint density at radius 3 is 1.46 bits per heavy atom. The van der Waals surface area contributed by atoms with Crippen LogP contribution in [0, 0.1) is 0 Å². The molecule has 10 heteroatoms. The molecule has 0 saturated heterocycles. The van der Waals surface area contributed by atoms with Crippen LogP contribution in [-0.4, -0.2) is 36.2 Å². The van der Waals surface area contributed by atoms with Crippen LogP contribution < -0.4 is 26.2 Å². The molecule has 6 heterocycles. The van der Waals surface area contributed by atoms with Crippen molar-refractivity contribution in [3.05, 3.63) is 322 Å². The lowest BCUT2D eigenvalue weighted by atomic mass is 9.33. The van der Waals surface area contributed by atoms with E-state index in [1.807, 2.05) is 53.8 Å². The molecule has 95 heavy (non-hydrogen) atoms. The van der Waals surface area contributed by atoms with Gasteiger partial charge in [0.1, 0.15) is 0 Å². The smallest absolute Gasteiger partial charge is 0.252 e. The monoisotopic (exact) mass is 1230 g/mol. The van der Waals surface area contributed by atoms with E-state index in [9.17, 15) is 0 Å². The quantitative estimate of drug-likeness (QED) is 0.126. The van der Waals surface area contributed by atoms with E-state index in [0.29, 0.717) is 23.3 Å². The number of hydrogen-bond donors (Lipinski definition) is 0. The van der Waals surface area contributed by atoms with Gasteiger partial charge < -0.3 is 14.4 Å². The third-order valence-electron chi connectivity index (χ3n) is 18.9. The summed E-state index contributed by atoms with van der Waals surface area (Å²) in [5.41, 5.74) is 22.9. The largest absolute Gasteiger partial charge is 0.311 e. The summed E-state index contributed by atoms with van der Waals surface area (Å²) < 4.78 is 4.93. The van der Waals surface area contributed by atoms with Gasteiger partial charge in [0.15, 0.2) is 23.3 Å². The molecule has 0 fully saturated rings. The van der Waals surface area contributed by atoms with Crippen LogP contribution in [0.1, 0.15) is 0 Å². The molecule has 2 aliphatic rings. The standard InChI is InChI=1S/C85H53BN8S/c1-6-24-55(25-7-1)69-53-70(88-82(87-69)56-26-8-2-9-27-56)59-46-49-72(94-71-38-20-16-35-65(71)78-75(94)50-48-64-63-34-17-23-41-77(63)95-81(64)78)66(52-59)85-90-83(57-28-10-3-11-29-57)89-84(91-85)58-44-42-54(43-45-58)62-47-51-76-79-80(62)93(61-32-14-5-15-33-61)74-40-22-19-37-68(74)86(79)67-36-18-21-39-73(67)92(76)60-30-12-4-13-31-60/h1-53H. The number of para-hydroxylation sites is 5. The first-order valence-corrected chi connectivity index (χ1v) is 32.9. The van der Waals surface area contributed by atoms with Crippen molar-refractivity contribution in [3.63, 3.8) is 0 Å². The molecule has 0 atom stereocenters. The summed E-state index contributed by atoms with van der Waals surface area (Å²) in [5.74, 6) is 2.27. The van der Waals surface area contributed by atoms with E-state index < -0.39 is 0 Å². The molecule has 13 aromatic carbocycles. The van der Waals surface area contributed by atoms with Crippen molar-refractivity contribution >= 4 is 111 Å². The van der Waals surface area contributed by atoms with E-state index in [0.717, 1.165) is 101 Å². The first-order valence-electron chi connectivity index (χ1n) is 32.1. The molecule has 19 rings (SSSR count). The summed E-state index contributed by atoms with van der Waals surface area (Å²) in [7, 11) is 0. The van der Waals surface area contributed by atoms with Gasteiger partial charge in [0.25, 0.3) is 6.71 Å². The van der Waals surface area contributed by atoms with Crippen LogP contribution >= 0.6 is 11.3 Å².